The smallest absolute Gasteiger partial charge is 0.243 e. The van der Waals surface area contributed by atoms with Crippen LogP contribution in [0.5, 0.6) is 0 Å². The zero-order valence-electron chi connectivity index (χ0n) is 14.0. The summed E-state index contributed by atoms with van der Waals surface area (Å²) >= 11 is 2.57. The van der Waals surface area contributed by atoms with Gasteiger partial charge in [-0.2, -0.15) is 9.57 Å². The number of rotatable bonds is 6. The molecule has 26 heavy (non-hydrogen) atoms. The molecule has 0 bridgehead atoms. The number of ether oxygens (including phenoxy) is 1. The lowest BCUT2D eigenvalue weighted by Gasteiger charge is -2.26. The lowest BCUT2D eigenvalue weighted by Crippen LogP contribution is -2.40. The van der Waals surface area contributed by atoms with Crippen molar-refractivity contribution in [1.82, 2.24) is 19.1 Å². The Kier molecular flexibility index (Phi) is 6.20. The van der Waals surface area contributed by atoms with Crippen molar-refractivity contribution in [3.63, 3.8) is 0 Å². The standard InChI is InChI=1S/C15H17N5O3S3/c1-19-14(17-18-15(19)25-11-24-10-16)12-2-4-13(5-3-12)26(21,22)20-6-8-23-9-7-20/h2-5H,6-9,11H2,1H3. The van der Waals surface area contributed by atoms with Crippen molar-refractivity contribution in [3.8, 4) is 16.8 Å². The van der Waals surface area contributed by atoms with Crippen LogP contribution in [0, 0.1) is 10.7 Å². The molecule has 3 rings (SSSR count). The van der Waals surface area contributed by atoms with E-state index in [-0.39, 0.29) is 4.90 Å². The van der Waals surface area contributed by atoms with Gasteiger partial charge in [0.1, 0.15) is 5.40 Å². The molecule has 1 aliphatic heterocycles. The molecule has 0 atom stereocenters. The molecule has 138 valence electrons. The highest BCUT2D eigenvalue weighted by Gasteiger charge is 2.26. The third-order valence-electron chi connectivity index (χ3n) is 3.87. The van der Waals surface area contributed by atoms with Crippen molar-refractivity contribution >= 4 is 33.5 Å². The Hall–Kier alpha value is -1.58. The Balaban J connectivity index is 1.79. The van der Waals surface area contributed by atoms with Gasteiger partial charge in [0.25, 0.3) is 0 Å². The first-order valence-electron chi connectivity index (χ1n) is 7.75. The molecule has 1 saturated heterocycles. The van der Waals surface area contributed by atoms with E-state index in [9.17, 15) is 8.42 Å². The molecule has 1 aromatic carbocycles. The fraction of sp³-hybridized carbons (Fsp3) is 0.400. The van der Waals surface area contributed by atoms with Crippen LogP contribution in [-0.2, 0) is 21.8 Å². The van der Waals surface area contributed by atoms with E-state index in [2.05, 4.69) is 10.2 Å². The average Bonchev–Trinajstić information content (AvgIpc) is 3.03. The minimum Gasteiger partial charge on any atom is -0.379 e. The van der Waals surface area contributed by atoms with E-state index in [4.69, 9.17) is 10.00 Å². The zero-order valence-corrected chi connectivity index (χ0v) is 16.5. The maximum Gasteiger partial charge on any atom is 0.243 e. The van der Waals surface area contributed by atoms with Crippen LogP contribution in [-0.4, -0.2) is 58.9 Å². The molecule has 0 radical (unpaired) electrons. The molecular formula is C15H17N5O3S3. The van der Waals surface area contributed by atoms with Crippen LogP contribution in [0.4, 0.5) is 0 Å². The third kappa shape index (κ3) is 4.05. The second-order valence-electron chi connectivity index (χ2n) is 5.40. The average molecular weight is 412 g/mol. The van der Waals surface area contributed by atoms with E-state index in [1.54, 1.807) is 24.3 Å². The van der Waals surface area contributed by atoms with E-state index in [1.165, 1.54) is 16.1 Å². The van der Waals surface area contributed by atoms with Crippen molar-refractivity contribution in [2.45, 2.75) is 10.1 Å². The Bertz CT molecular complexity index is 900. The summed E-state index contributed by atoms with van der Waals surface area (Å²) < 4.78 is 33.8. The summed E-state index contributed by atoms with van der Waals surface area (Å²) in [7, 11) is -1.67. The zero-order chi connectivity index (χ0) is 18.6. The summed E-state index contributed by atoms with van der Waals surface area (Å²) in [5.41, 5.74) is 0.778. The summed E-state index contributed by atoms with van der Waals surface area (Å²) in [6, 6.07) is 6.64. The molecule has 1 fully saturated rings. The summed E-state index contributed by atoms with van der Waals surface area (Å²) in [5.74, 6) is 0.643. The molecule has 1 aromatic heterocycles. The van der Waals surface area contributed by atoms with Crippen molar-refractivity contribution < 1.29 is 13.2 Å². The Morgan fingerprint density at radius 3 is 2.58 bits per heavy atom. The first kappa shape index (κ1) is 19.2. The summed E-state index contributed by atoms with van der Waals surface area (Å²) in [4.78, 5) is 0.255. The Labute approximate surface area is 160 Å². The molecule has 0 N–H and O–H groups in total. The van der Waals surface area contributed by atoms with Gasteiger partial charge >= 0.3 is 0 Å². The van der Waals surface area contributed by atoms with Gasteiger partial charge in [-0.15, -0.1) is 10.2 Å². The van der Waals surface area contributed by atoms with Crippen LogP contribution in [0.1, 0.15) is 0 Å². The van der Waals surface area contributed by atoms with Crippen LogP contribution in [0.15, 0.2) is 34.3 Å². The van der Waals surface area contributed by atoms with Gasteiger partial charge in [0.2, 0.25) is 10.0 Å². The highest BCUT2D eigenvalue weighted by Crippen LogP contribution is 2.26. The van der Waals surface area contributed by atoms with Gasteiger partial charge in [0, 0.05) is 25.7 Å². The van der Waals surface area contributed by atoms with Gasteiger partial charge in [0.05, 0.1) is 23.2 Å². The van der Waals surface area contributed by atoms with Gasteiger partial charge in [-0.25, -0.2) is 8.42 Å². The molecule has 0 amide bonds. The lowest BCUT2D eigenvalue weighted by atomic mass is 10.2. The number of nitrogens with zero attached hydrogens (tertiary/aromatic N) is 5. The van der Waals surface area contributed by atoms with Crippen molar-refractivity contribution in [2.75, 3.05) is 31.4 Å². The van der Waals surface area contributed by atoms with Crippen LogP contribution in [0.3, 0.4) is 0 Å². The number of aromatic nitrogens is 3. The minimum atomic E-state index is -3.51. The number of thioether (sulfide) groups is 2. The van der Waals surface area contributed by atoms with Gasteiger partial charge in [-0.3, -0.25) is 0 Å². The number of benzene rings is 1. The summed E-state index contributed by atoms with van der Waals surface area (Å²) in [5, 5.41) is 20.2. The molecule has 8 nitrogen and oxygen atoms in total. The van der Waals surface area contributed by atoms with Crippen molar-refractivity contribution in [3.05, 3.63) is 24.3 Å². The molecule has 0 unspecified atom stereocenters. The summed E-state index contributed by atoms with van der Waals surface area (Å²) in [6.45, 7) is 1.57. The SMILES string of the molecule is Cn1c(SCSC#N)nnc1-c1ccc(S(=O)(=O)N2CCOCC2)cc1. The minimum absolute atomic E-state index is 0.255. The fourth-order valence-corrected chi connectivity index (χ4v) is 5.17. The lowest BCUT2D eigenvalue weighted by molar-refractivity contribution is 0.0730. The number of morpholine rings is 1. The van der Waals surface area contributed by atoms with E-state index < -0.39 is 10.0 Å². The number of hydrogen-bond donors (Lipinski definition) is 0. The van der Waals surface area contributed by atoms with Crippen molar-refractivity contribution in [1.29, 1.82) is 5.26 Å². The predicted octanol–water partition coefficient (Wildman–Crippen LogP) is 1.77. The molecule has 1 aliphatic rings. The number of nitriles is 1. The van der Waals surface area contributed by atoms with E-state index in [1.807, 2.05) is 17.0 Å². The fourth-order valence-electron chi connectivity index (χ4n) is 2.51. The predicted molar refractivity (Wildman–Crippen MR) is 99.9 cm³/mol. The molecular weight excluding hydrogens is 394 g/mol. The molecule has 0 aliphatic carbocycles. The normalized spacial score (nSPS) is 15.7. The molecule has 0 saturated carbocycles. The molecule has 2 aromatic rings. The van der Waals surface area contributed by atoms with Gasteiger partial charge < -0.3 is 9.30 Å². The topological polar surface area (TPSA) is 101 Å². The maximum absolute atomic E-state index is 12.7. The quantitative estimate of drug-likeness (QED) is 0.307. The van der Waals surface area contributed by atoms with E-state index >= 15 is 0 Å². The highest BCUT2D eigenvalue weighted by molar-refractivity contribution is 8.18. The maximum atomic E-state index is 12.7. The largest absolute Gasteiger partial charge is 0.379 e. The van der Waals surface area contributed by atoms with Gasteiger partial charge in [-0.1, -0.05) is 11.8 Å². The molecule has 11 heteroatoms. The molecule has 0 spiro atoms. The number of hydrogen-bond acceptors (Lipinski definition) is 8. The first-order chi connectivity index (χ1) is 12.5. The monoisotopic (exact) mass is 411 g/mol. The van der Waals surface area contributed by atoms with Crippen LogP contribution in [0.25, 0.3) is 11.4 Å². The van der Waals surface area contributed by atoms with E-state index in [0.29, 0.717) is 42.4 Å². The highest BCUT2D eigenvalue weighted by atomic mass is 32.2. The number of thiocyanates is 1. The third-order valence-corrected chi connectivity index (χ3v) is 7.47. The summed E-state index contributed by atoms with van der Waals surface area (Å²) in [6.07, 6.45) is 0. The first-order valence-corrected chi connectivity index (χ1v) is 11.2. The van der Waals surface area contributed by atoms with Gasteiger partial charge in [-0.05, 0) is 36.0 Å². The van der Waals surface area contributed by atoms with Crippen LogP contribution in [0.2, 0.25) is 0 Å². The number of sulfonamides is 1. The van der Waals surface area contributed by atoms with Crippen molar-refractivity contribution in [2.24, 2.45) is 7.05 Å². The van der Waals surface area contributed by atoms with Crippen LogP contribution >= 0.6 is 23.5 Å². The molecule has 2 heterocycles. The van der Waals surface area contributed by atoms with Gasteiger partial charge in [0.15, 0.2) is 11.0 Å². The Morgan fingerprint density at radius 2 is 1.92 bits per heavy atom. The van der Waals surface area contributed by atoms with E-state index in [0.717, 1.165) is 17.3 Å². The Morgan fingerprint density at radius 1 is 1.23 bits per heavy atom. The second kappa shape index (κ2) is 8.41. The second-order valence-corrected chi connectivity index (χ2v) is 9.41. The van der Waals surface area contributed by atoms with Crippen LogP contribution < -0.4 is 0 Å².